The Morgan fingerprint density at radius 3 is 2.65 bits per heavy atom. The summed E-state index contributed by atoms with van der Waals surface area (Å²) in [5.41, 5.74) is 8.31. The molecule has 3 N–H and O–H groups in total. The molecule has 0 aliphatic heterocycles. The maximum atomic E-state index is 12.5. The largest absolute Gasteiger partial charge is 0.353 e. The molecular formula is C21H28N4O. The number of carbonyl (C=O) groups is 1. The van der Waals surface area contributed by atoms with Crippen LogP contribution in [0.15, 0.2) is 42.7 Å². The zero-order valence-electron chi connectivity index (χ0n) is 15.2. The highest BCUT2D eigenvalue weighted by Gasteiger charge is 2.39. The summed E-state index contributed by atoms with van der Waals surface area (Å²) in [6, 6.07) is 10.7. The molecule has 5 nitrogen and oxygen atoms in total. The van der Waals surface area contributed by atoms with Crippen LogP contribution in [0.5, 0.6) is 0 Å². The van der Waals surface area contributed by atoms with E-state index in [9.17, 15) is 4.79 Å². The number of amides is 1. The minimum Gasteiger partial charge on any atom is -0.353 e. The number of benzene rings is 1. The minimum atomic E-state index is 0.162. The van der Waals surface area contributed by atoms with E-state index in [2.05, 4.69) is 10.4 Å². The summed E-state index contributed by atoms with van der Waals surface area (Å²) >= 11 is 0. The Morgan fingerprint density at radius 2 is 1.92 bits per heavy atom. The molecule has 2 fully saturated rings. The van der Waals surface area contributed by atoms with Crippen molar-refractivity contribution >= 4 is 5.91 Å². The maximum Gasteiger partial charge on any atom is 0.220 e. The minimum absolute atomic E-state index is 0.162. The molecule has 0 spiro atoms. The Morgan fingerprint density at radius 1 is 1.19 bits per heavy atom. The van der Waals surface area contributed by atoms with Crippen LogP contribution in [-0.2, 0) is 11.2 Å². The van der Waals surface area contributed by atoms with Crippen LogP contribution in [0, 0.1) is 11.8 Å². The molecule has 0 radical (unpaired) electrons. The monoisotopic (exact) mass is 352 g/mol. The number of nitrogens with one attached hydrogen (secondary N) is 1. The van der Waals surface area contributed by atoms with E-state index in [-0.39, 0.29) is 5.91 Å². The number of hydrogen-bond donors (Lipinski definition) is 2. The highest BCUT2D eigenvalue weighted by Crippen LogP contribution is 2.39. The van der Waals surface area contributed by atoms with Crippen LogP contribution in [0.25, 0.3) is 5.69 Å². The molecule has 2 bridgehead atoms. The van der Waals surface area contributed by atoms with Crippen molar-refractivity contribution < 1.29 is 4.79 Å². The van der Waals surface area contributed by atoms with Crippen LogP contribution in [0.4, 0.5) is 0 Å². The summed E-state index contributed by atoms with van der Waals surface area (Å²) in [4.78, 5) is 12.5. The van der Waals surface area contributed by atoms with Crippen LogP contribution < -0.4 is 11.1 Å². The third-order valence-electron chi connectivity index (χ3n) is 6.00. The second-order valence-corrected chi connectivity index (χ2v) is 7.90. The van der Waals surface area contributed by atoms with E-state index in [1.165, 1.54) is 19.3 Å². The second-order valence-electron chi connectivity index (χ2n) is 7.90. The van der Waals surface area contributed by atoms with Gasteiger partial charge >= 0.3 is 0 Å². The summed E-state index contributed by atoms with van der Waals surface area (Å²) < 4.78 is 1.86. The number of nitrogens with zero attached hydrogens (tertiary/aromatic N) is 2. The fourth-order valence-corrected chi connectivity index (χ4v) is 4.75. The van der Waals surface area contributed by atoms with E-state index in [0.29, 0.717) is 30.3 Å². The average molecular weight is 352 g/mol. The lowest BCUT2D eigenvalue weighted by Gasteiger charge is -2.45. The van der Waals surface area contributed by atoms with Crippen LogP contribution in [0.2, 0.25) is 0 Å². The predicted molar refractivity (Wildman–Crippen MR) is 102 cm³/mol. The van der Waals surface area contributed by atoms with Gasteiger partial charge in [-0.1, -0.05) is 24.6 Å². The molecule has 1 heterocycles. The molecule has 5 heteroatoms. The summed E-state index contributed by atoms with van der Waals surface area (Å²) in [6.07, 6.45) is 10.9. The number of hydrogen-bond acceptors (Lipinski definition) is 3. The van der Waals surface area contributed by atoms with Gasteiger partial charge in [0.25, 0.3) is 0 Å². The third-order valence-corrected chi connectivity index (χ3v) is 6.00. The van der Waals surface area contributed by atoms with Crippen molar-refractivity contribution in [2.24, 2.45) is 17.6 Å². The highest BCUT2D eigenvalue weighted by molar-refractivity contribution is 5.76. The van der Waals surface area contributed by atoms with Crippen molar-refractivity contribution in [1.82, 2.24) is 15.1 Å². The molecule has 2 atom stereocenters. The summed E-state index contributed by atoms with van der Waals surface area (Å²) in [5.74, 6) is 1.30. The molecule has 4 rings (SSSR count). The second kappa shape index (κ2) is 7.62. The van der Waals surface area contributed by atoms with E-state index in [1.807, 2.05) is 47.4 Å². The molecule has 2 saturated carbocycles. The first-order valence-electron chi connectivity index (χ1n) is 9.83. The average Bonchev–Trinajstić information content (AvgIpc) is 3.11. The molecule has 1 amide bonds. The molecular weight excluding hydrogens is 324 g/mol. The van der Waals surface area contributed by atoms with E-state index < -0.39 is 0 Å². The van der Waals surface area contributed by atoms with Crippen molar-refractivity contribution in [2.45, 2.75) is 57.0 Å². The SMILES string of the molecule is NC1CC2CCCC(C1)C2NC(=O)CCc1cnn(-c2ccccc2)c1. The number of nitrogens with two attached hydrogens (primary N) is 1. The number of carbonyl (C=O) groups excluding carboxylic acids is 1. The van der Waals surface area contributed by atoms with E-state index >= 15 is 0 Å². The van der Waals surface area contributed by atoms with Gasteiger partial charge in [-0.15, -0.1) is 0 Å². The maximum absolute atomic E-state index is 12.5. The number of rotatable bonds is 5. The Balaban J connectivity index is 1.31. The summed E-state index contributed by atoms with van der Waals surface area (Å²) in [5, 5.41) is 7.73. The molecule has 0 saturated heterocycles. The van der Waals surface area contributed by atoms with E-state index in [1.54, 1.807) is 0 Å². The van der Waals surface area contributed by atoms with Crippen LogP contribution in [0.1, 0.15) is 44.1 Å². The fourth-order valence-electron chi connectivity index (χ4n) is 4.75. The van der Waals surface area contributed by atoms with Gasteiger partial charge in [0.15, 0.2) is 0 Å². The summed E-state index contributed by atoms with van der Waals surface area (Å²) in [7, 11) is 0. The topological polar surface area (TPSA) is 72.9 Å². The molecule has 138 valence electrons. The van der Waals surface area contributed by atoms with Crippen LogP contribution in [0.3, 0.4) is 0 Å². The first-order chi connectivity index (χ1) is 12.7. The van der Waals surface area contributed by atoms with Crippen molar-refractivity contribution in [3.63, 3.8) is 0 Å². The zero-order chi connectivity index (χ0) is 17.9. The molecule has 2 unspecified atom stereocenters. The quantitative estimate of drug-likeness (QED) is 0.869. The molecule has 1 aromatic carbocycles. The fraction of sp³-hybridized carbons (Fsp3) is 0.524. The lowest BCUT2D eigenvalue weighted by Crippen LogP contribution is -2.53. The van der Waals surface area contributed by atoms with Gasteiger partial charge in [0.1, 0.15) is 0 Å². The third kappa shape index (κ3) is 3.83. The number of aromatic nitrogens is 2. The van der Waals surface area contributed by atoms with Crippen LogP contribution in [-0.4, -0.2) is 27.8 Å². The Labute approximate surface area is 155 Å². The number of para-hydroxylation sites is 1. The standard InChI is InChI=1S/C21H28N4O/c22-18-11-16-5-4-6-17(12-18)21(16)24-20(26)10-9-15-13-23-25(14-15)19-7-2-1-3-8-19/h1-3,7-8,13-14,16-18,21H,4-6,9-12,22H2,(H,24,26). The van der Waals surface area contributed by atoms with Crippen molar-refractivity contribution in [2.75, 3.05) is 0 Å². The van der Waals surface area contributed by atoms with Crippen molar-refractivity contribution in [3.05, 3.63) is 48.3 Å². The number of fused-ring (bicyclic) bond motifs is 2. The van der Waals surface area contributed by atoms with Gasteiger partial charge in [0.2, 0.25) is 5.91 Å². The van der Waals surface area contributed by atoms with Crippen LogP contribution >= 0.6 is 0 Å². The molecule has 1 aromatic heterocycles. The summed E-state index contributed by atoms with van der Waals surface area (Å²) in [6.45, 7) is 0. The predicted octanol–water partition coefficient (Wildman–Crippen LogP) is 2.83. The van der Waals surface area contributed by atoms with Crippen molar-refractivity contribution in [3.8, 4) is 5.69 Å². The Bertz CT molecular complexity index is 727. The lowest BCUT2D eigenvalue weighted by atomic mass is 9.67. The smallest absolute Gasteiger partial charge is 0.220 e. The van der Waals surface area contributed by atoms with E-state index in [0.717, 1.165) is 30.5 Å². The first kappa shape index (κ1) is 17.3. The van der Waals surface area contributed by atoms with Gasteiger partial charge in [-0.2, -0.15) is 5.10 Å². The van der Waals surface area contributed by atoms with Crippen molar-refractivity contribution in [1.29, 1.82) is 0 Å². The molecule has 26 heavy (non-hydrogen) atoms. The molecule has 2 aliphatic rings. The first-order valence-corrected chi connectivity index (χ1v) is 9.83. The molecule has 2 aromatic rings. The van der Waals surface area contributed by atoms with Gasteiger partial charge in [0.05, 0.1) is 11.9 Å². The van der Waals surface area contributed by atoms with Gasteiger partial charge in [-0.05, 0) is 61.6 Å². The van der Waals surface area contributed by atoms with Gasteiger partial charge in [-0.3, -0.25) is 4.79 Å². The highest BCUT2D eigenvalue weighted by atomic mass is 16.1. The Kier molecular flexibility index (Phi) is 5.07. The number of aryl methyl sites for hydroxylation is 1. The van der Waals surface area contributed by atoms with Gasteiger partial charge in [-0.25, -0.2) is 4.68 Å². The van der Waals surface area contributed by atoms with E-state index in [4.69, 9.17) is 5.73 Å². The van der Waals surface area contributed by atoms with Gasteiger partial charge in [0, 0.05) is 24.7 Å². The normalized spacial score (nSPS) is 27.9. The zero-order valence-corrected chi connectivity index (χ0v) is 15.2. The lowest BCUT2D eigenvalue weighted by molar-refractivity contribution is -0.123. The molecule has 2 aliphatic carbocycles. The van der Waals surface area contributed by atoms with Gasteiger partial charge < -0.3 is 11.1 Å². The Hall–Kier alpha value is -2.14.